The van der Waals surface area contributed by atoms with E-state index in [0.717, 1.165) is 13.0 Å². The Morgan fingerprint density at radius 1 is 2.00 bits per heavy atom. The summed E-state index contributed by atoms with van der Waals surface area (Å²) in [5.74, 6) is 0. The lowest BCUT2D eigenvalue weighted by molar-refractivity contribution is 0.381. The molecule has 1 fully saturated rings. The van der Waals surface area contributed by atoms with Crippen LogP contribution >= 0.6 is 29.8 Å². The summed E-state index contributed by atoms with van der Waals surface area (Å²) >= 11 is 5.10. The van der Waals surface area contributed by atoms with Crippen molar-refractivity contribution in [2.24, 2.45) is 0 Å². The van der Waals surface area contributed by atoms with E-state index >= 15 is 0 Å². The third kappa shape index (κ3) is 2.11. The molecule has 0 amide bonds. The van der Waals surface area contributed by atoms with Crippen LogP contribution in [0.15, 0.2) is 0 Å². The quantitative estimate of drug-likeness (QED) is 0.414. The monoisotopic (exact) mass is 183 g/mol. The second kappa shape index (κ2) is 2.79. The fraction of sp³-hybridized carbons (Fsp3) is 1.00. The molecule has 0 aromatic rings. The Morgan fingerprint density at radius 3 is 2.67 bits per heavy atom. The van der Waals surface area contributed by atoms with Crippen molar-refractivity contribution in [2.45, 2.75) is 18.3 Å². The van der Waals surface area contributed by atoms with E-state index in [1.165, 1.54) is 11.4 Å². The van der Waals surface area contributed by atoms with Crippen molar-refractivity contribution < 1.29 is 9.30 Å². The van der Waals surface area contributed by atoms with Crippen molar-refractivity contribution >= 4 is 29.8 Å². The molecule has 1 rings (SSSR count). The van der Waals surface area contributed by atoms with Crippen LogP contribution in [-0.4, -0.2) is 11.5 Å². The van der Waals surface area contributed by atoms with Crippen LogP contribution in [0, 0.1) is 0 Å². The third-order valence-electron chi connectivity index (χ3n) is 1.25. The van der Waals surface area contributed by atoms with Crippen molar-refractivity contribution in [1.82, 2.24) is 0 Å². The first-order chi connectivity index (χ1) is 4.18. The molecule has 0 aromatic carbocycles. The average Bonchev–Trinajstić information content (AvgIpc) is 2.48. The van der Waals surface area contributed by atoms with E-state index in [9.17, 15) is 4.57 Å². The number of rotatable bonds is 3. The molecule has 52 valence electrons. The Balaban J connectivity index is 2.33. The fourth-order valence-corrected chi connectivity index (χ4v) is 4.02. The highest BCUT2D eigenvalue weighted by atomic mass is 33.1. The van der Waals surface area contributed by atoms with Crippen LogP contribution in [0.5, 0.6) is 0 Å². The van der Waals surface area contributed by atoms with Gasteiger partial charge in [0.05, 0.1) is 6.61 Å². The van der Waals surface area contributed by atoms with Crippen molar-refractivity contribution in [3.05, 3.63) is 0 Å². The molecule has 0 aliphatic carbocycles. The Kier molecular flexibility index (Phi) is 2.43. The maximum atomic E-state index is 10.6. The van der Waals surface area contributed by atoms with Crippen molar-refractivity contribution in [3.63, 3.8) is 0 Å². The highest BCUT2D eigenvalue weighted by Crippen LogP contribution is 2.57. The molecule has 1 saturated heterocycles. The summed E-state index contributed by atoms with van der Waals surface area (Å²) in [7, 11) is 0. The van der Waals surface area contributed by atoms with Gasteiger partial charge in [-0.1, -0.05) is 6.92 Å². The van der Waals surface area contributed by atoms with Gasteiger partial charge in [0, 0.05) is 0 Å². The molecule has 2 atom stereocenters. The van der Waals surface area contributed by atoms with Crippen LogP contribution in [0.2, 0.25) is 0 Å². The van der Waals surface area contributed by atoms with Crippen LogP contribution in [0.1, 0.15) is 13.3 Å². The molecule has 0 aromatic heterocycles. The summed E-state index contributed by atoms with van der Waals surface area (Å²) < 4.78 is 15.6. The van der Waals surface area contributed by atoms with E-state index in [1.807, 2.05) is 6.92 Å². The van der Waals surface area contributed by atoms with E-state index in [0.29, 0.717) is 0 Å². The van der Waals surface area contributed by atoms with E-state index in [2.05, 4.69) is 12.2 Å². The zero-order chi connectivity index (χ0) is 6.91. The third-order valence-corrected chi connectivity index (χ3v) is 4.46. The van der Waals surface area contributed by atoms with Gasteiger partial charge in [0.25, 0.3) is 0 Å². The summed E-state index contributed by atoms with van der Waals surface area (Å²) in [5.41, 5.74) is 0. The molecule has 0 bridgehead atoms. The summed E-state index contributed by atoms with van der Waals surface area (Å²) in [6.45, 7) is 2.75. The van der Waals surface area contributed by atoms with Gasteiger partial charge in [0.15, 0.2) is 16.3 Å². The first-order valence-corrected chi connectivity index (χ1v) is 6.51. The van der Waals surface area contributed by atoms with Gasteiger partial charge in [-0.25, -0.2) is 0 Å². The van der Waals surface area contributed by atoms with Crippen LogP contribution in [0.4, 0.5) is 0 Å². The minimum Gasteiger partial charge on any atom is -0.353 e. The maximum Gasteiger partial charge on any atom is 0.483 e. The van der Waals surface area contributed by atoms with Crippen LogP contribution in [0.25, 0.3) is 0 Å². The second-order valence-electron chi connectivity index (χ2n) is 1.88. The molecular formula is C4H8O2PS2+. The standard InChI is InChI=1S/C4H7O2PS2/c1-2-4(3-6-4)9-7(5)8/h2-3H2,1H3/p+1. The lowest BCUT2D eigenvalue weighted by Gasteiger charge is -1.93. The molecule has 0 radical (unpaired) electrons. The Labute approximate surface area is 64.4 Å². The molecular weight excluding hydrogens is 175 g/mol. The van der Waals surface area contributed by atoms with Gasteiger partial charge in [-0.3, -0.25) is 0 Å². The van der Waals surface area contributed by atoms with Crippen LogP contribution in [0.3, 0.4) is 0 Å². The Bertz CT molecular complexity index is 135. The summed E-state index contributed by atoms with van der Waals surface area (Å²) in [5, 5.41) is 0. The fourth-order valence-electron chi connectivity index (χ4n) is 0.544. The van der Waals surface area contributed by atoms with E-state index in [1.54, 1.807) is 0 Å². The predicted molar refractivity (Wildman–Crippen MR) is 43.2 cm³/mol. The van der Waals surface area contributed by atoms with Crippen molar-refractivity contribution in [1.29, 1.82) is 0 Å². The van der Waals surface area contributed by atoms with Gasteiger partial charge < -0.3 is 4.74 Å². The minimum absolute atomic E-state index is 0.130. The summed E-state index contributed by atoms with van der Waals surface area (Å²) in [6, 6.07) is 0. The smallest absolute Gasteiger partial charge is 0.353 e. The molecule has 1 aliphatic heterocycles. The topological polar surface area (TPSA) is 29.6 Å². The highest BCUT2D eigenvalue weighted by molar-refractivity contribution is 8.79. The van der Waals surface area contributed by atoms with E-state index in [-0.39, 0.29) is 4.93 Å². The van der Waals surface area contributed by atoms with Crippen LogP contribution < -0.4 is 0 Å². The second-order valence-corrected chi connectivity index (χ2v) is 6.73. The van der Waals surface area contributed by atoms with Gasteiger partial charge in [0.1, 0.15) is 12.2 Å². The predicted octanol–water partition coefficient (Wildman–Crippen LogP) is 2.44. The summed E-state index contributed by atoms with van der Waals surface area (Å²) in [4.78, 5) is -0.130. The Hall–Kier alpha value is 0.760. The SMILES string of the molecule is CCC1(S[P+](=O)S)CO1. The van der Waals surface area contributed by atoms with E-state index in [4.69, 9.17) is 4.74 Å². The minimum atomic E-state index is -1.40. The van der Waals surface area contributed by atoms with Gasteiger partial charge in [-0.05, 0) is 11.0 Å². The zero-order valence-electron chi connectivity index (χ0n) is 5.03. The molecule has 0 N–H and O–H groups in total. The van der Waals surface area contributed by atoms with Crippen LogP contribution in [-0.2, 0) is 9.30 Å². The van der Waals surface area contributed by atoms with Gasteiger partial charge >= 0.3 is 6.20 Å². The summed E-state index contributed by atoms with van der Waals surface area (Å²) in [6.07, 6.45) is -0.480. The number of hydrogen-bond donors (Lipinski definition) is 1. The van der Waals surface area contributed by atoms with E-state index < -0.39 is 6.20 Å². The number of hydrogen-bond acceptors (Lipinski definition) is 3. The number of ether oxygens (including phenoxy) is 1. The molecule has 0 saturated carbocycles. The average molecular weight is 183 g/mol. The lowest BCUT2D eigenvalue weighted by Crippen LogP contribution is -1.98. The van der Waals surface area contributed by atoms with Gasteiger partial charge in [-0.2, -0.15) is 0 Å². The molecule has 2 nitrogen and oxygen atoms in total. The van der Waals surface area contributed by atoms with Crippen molar-refractivity contribution in [3.8, 4) is 0 Å². The Morgan fingerprint density at radius 2 is 2.56 bits per heavy atom. The largest absolute Gasteiger partial charge is 0.483 e. The molecule has 0 spiro atoms. The molecule has 1 heterocycles. The number of thiol groups is 1. The first kappa shape index (κ1) is 7.86. The molecule has 1 aliphatic rings. The molecule has 9 heavy (non-hydrogen) atoms. The first-order valence-electron chi connectivity index (χ1n) is 2.68. The normalized spacial score (nSPS) is 34.2. The molecule has 5 heteroatoms. The van der Waals surface area contributed by atoms with Gasteiger partial charge in [0.2, 0.25) is 0 Å². The number of epoxide rings is 1. The zero-order valence-corrected chi connectivity index (χ0v) is 7.64. The lowest BCUT2D eigenvalue weighted by atomic mass is 10.4. The highest BCUT2D eigenvalue weighted by Gasteiger charge is 2.51. The maximum absolute atomic E-state index is 10.6. The van der Waals surface area contributed by atoms with Gasteiger partial charge in [-0.15, -0.1) is 0 Å². The molecule has 2 unspecified atom stereocenters. The van der Waals surface area contributed by atoms with Crippen molar-refractivity contribution in [2.75, 3.05) is 6.61 Å².